The van der Waals surface area contributed by atoms with Gasteiger partial charge < -0.3 is 19.9 Å². The molecule has 2 aliphatic rings. The molecule has 0 bridgehead atoms. The third-order valence-corrected chi connectivity index (χ3v) is 4.41. The molecule has 4 rings (SSSR count). The monoisotopic (exact) mass is 311 g/mol. The number of ether oxygens (including phenoxy) is 2. The number of carbonyl (C=O) groups is 1. The minimum atomic E-state index is -1.01. The molecule has 2 aromatic rings. The summed E-state index contributed by atoms with van der Waals surface area (Å²) in [7, 11) is 0. The van der Waals surface area contributed by atoms with Crippen molar-refractivity contribution in [3.05, 3.63) is 53.1 Å². The Balaban J connectivity index is 1.68. The van der Waals surface area contributed by atoms with Gasteiger partial charge in [-0.3, -0.25) is 0 Å². The third-order valence-electron chi connectivity index (χ3n) is 4.41. The molecule has 118 valence electrons. The highest BCUT2D eigenvalue weighted by Crippen LogP contribution is 2.36. The van der Waals surface area contributed by atoms with Crippen LogP contribution in [-0.2, 0) is 18.0 Å². The molecule has 2 N–H and O–H groups in total. The Bertz CT molecular complexity index is 772. The molecule has 0 fully saturated rings. The average Bonchev–Trinajstić information content (AvgIpc) is 3.01. The maximum Gasteiger partial charge on any atom is 0.405 e. The maximum atomic E-state index is 10.9. The van der Waals surface area contributed by atoms with Crippen molar-refractivity contribution in [2.24, 2.45) is 0 Å². The summed E-state index contributed by atoms with van der Waals surface area (Å²) in [5, 5.41) is 11.5. The molecular weight excluding hydrogens is 294 g/mol. The molecule has 0 radical (unpaired) electrons. The first-order valence-electron chi connectivity index (χ1n) is 7.67. The topological polar surface area (TPSA) is 67.8 Å². The zero-order valence-electron chi connectivity index (χ0n) is 12.5. The van der Waals surface area contributed by atoms with Crippen molar-refractivity contribution < 1.29 is 19.4 Å². The first-order chi connectivity index (χ1) is 11.2. The van der Waals surface area contributed by atoms with Gasteiger partial charge in [0.1, 0.15) is 5.75 Å². The predicted molar refractivity (Wildman–Crippen MR) is 84.4 cm³/mol. The standard InChI is InChI=1S/C18H17NO4/c20-18(21)19-16-5-6-23-17-8-12(3-4-15(16)17)11-1-2-13-9-22-10-14(13)7-11/h1-4,7-8,16,19H,5-6,9-10H2,(H,20,21). The van der Waals surface area contributed by atoms with E-state index in [9.17, 15) is 4.79 Å². The lowest BCUT2D eigenvalue weighted by Gasteiger charge is -2.26. The first-order valence-corrected chi connectivity index (χ1v) is 7.67. The van der Waals surface area contributed by atoms with E-state index in [2.05, 4.69) is 23.5 Å². The van der Waals surface area contributed by atoms with E-state index in [4.69, 9.17) is 14.6 Å². The Morgan fingerprint density at radius 2 is 1.87 bits per heavy atom. The van der Waals surface area contributed by atoms with E-state index in [-0.39, 0.29) is 6.04 Å². The van der Waals surface area contributed by atoms with Crippen molar-refractivity contribution in [1.82, 2.24) is 5.32 Å². The Hall–Kier alpha value is -2.53. The molecule has 2 aliphatic heterocycles. The van der Waals surface area contributed by atoms with Gasteiger partial charge in [0.15, 0.2) is 0 Å². The number of nitrogens with one attached hydrogen (secondary N) is 1. The van der Waals surface area contributed by atoms with Gasteiger partial charge in [0.05, 0.1) is 25.9 Å². The van der Waals surface area contributed by atoms with Crippen molar-refractivity contribution >= 4 is 6.09 Å². The molecule has 5 heteroatoms. The van der Waals surface area contributed by atoms with Crippen LogP contribution in [0.1, 0.15) is 29.2 Å². The summed E-state index contributed by atoms with van der Waals surface area (Å²) in [5.41, 5.74) is 5.55. The Kier molecular flexibility index (Phi) is 3.42. The number of fused-ring (bicyclic) bond motifs is 2. The Labute approximate surface area is 133 Å². The van der Waals surface area contributed by atoms with Crippen LogP contribution in [0.3, 0.4) is 0 Å². The summed E-state index contributed by atoms with van der Waals surface area (Å²) in [6.45, 7) is 1.86. The Morgan fingerprint density at radius 1 is 1.09 bits per heavy atom. The van der Waals surface area contributed by atoms with Crippen LogP contribution in [0.5, 0.6) is 5.75 Å². The van der Waals surface area contributed by atoms with E-state index < -0.39 is 6.09 Å². The van der Waals surface area contributed by atoms with Gasteiger partial charge in [-0.25, -0.2) is 4.79 Å². The van der Waals surface area contributed by atoms with E-state index in [1.165, 1.54) is 11.1 Å². The molecule has 0 saturated carbocycles. The molecule has 0 saturated heterocycles. The zero-order chi connectivity index (χ0) is 15.8. The largest absolute Gasteiger partial charge is 0.493 e. The lowest BCUT2D eigenvalue weighted by molar-refractivity contribution is 0.134. The van der Waals surface area contributed by atoms with E-state index in [0.717, 1.165) is 22.4 Å². The van der Waals surface area contributed by atoms with Gasteiger partial charge in [-0.15, -0.1) is 0 Å². The fraction of sp³-hybridized carbons (Fsp3) is 0.278. The van der Waals surface area contributed by atoms with Crippen LogP contribution in [0.4, 0.5) is 4.79 Å². The lowest BCUT2D eigenvalue weighted by atomic mass is 9.95. The highest BCUT2D eigenvalue weighted by Gasteiger charge is 2.23. The van der Waals surface area contributed by atoms with E-state index in [1.807, 2.05) is 18.2 Å². The summed E-state index contributed by atoms with van der Waals surface area (Å²) < 4.78 is 11.2. The second-order valence-corrected chi connectivity index (χ2v) is 5.87. The summed E-state index contributed by atoms with van der Waals surface area (Å²) in [4.78, 5) is 10.9. The van der Waals surface area contributed by atoms with Gasteiger partial charge in [-0.2, -0.15) is 0 Å². The summed E-state index contributed by atoms with van der Waals surface area (Å²) in [6.07, 6.45) is -0.361. The smallest absolute Gasteiger partial charge is 0.405 e. The normalized spacial score (nSPS) is 18.7. The third kappa shape index (κ3) is 2.64. The molecule has 23 heavy (non-hydrogen) atoms. The van der Waals surface area contributed by atoms with Crippen LogP contribution >= 0.6 is 0 Å². The van der Waals surface area contributed by atoms with E-state index in [0.29, 0.717) is 26.2 Å². The minimum absolute atomic E-state index is 0.210. The molecule has 1 atom stereocenters. The highest BCUT2D eigenvalue weighted by atomic mass is 16.5. The van der Waals surface area contributed by atoms with Gasteiger partial charge in [0.2, 0.25) is 0 Å². The second-order valence-electron chi connectivity index (χ2n) is 5.87. The molecule has 0 aliphatic carbocycles. The fourth-order valence-electron chi connectivity index (χ4n) is 3.22. The number of carboxylic acid groups (broad SMARTS) is 1. The van der Waals surface area contributed by atoms with Crippen LogP contribution in [-0.4, -0.2) is 17.8 Å². The molecule has 0 spiro atoms. The average molecular weight is 311 g/mol. The SMILES string of the molecule is O=C(O)NC1CCOc2cc(-c3ccc4c(c3)COC4)ccc21. The predicted octanol–water partition coefficient (Wildman–Crippen LogP) is 3.48. The van der Waals surface area contributed by atoms with Gasteiger partial charge in [-0.1, -0.05) is 24.3 Å². The van der Waals surface area contributed by atoms with E-state index in [1.54, 1.807) is 0 Å². The summed E-state index contributed by atoms with van der Waals surface area (Å²) in [5.74, 6) is 0.754. The summed E-state index contributed by atoms with van der Waals surface area (Å²) in [6, 6.07) is 12.1. The highest BCUT2D eigenvalue weighted by molar-refractivity contribution is 5.69. The van der Waals surface area contributed by atoms with Crippen LogP contribution < -0.4 is 10.1 Å². The van der Waals surface area contributed by atoms with Crippen LogP contribution in [0.2, 0.25) is 0 Å². The molecule has 2 aromatic carbocycles. The number of hydrogen-bond acceptors (Lipinski definition) is 3. The fourth-order valence-corrected chi connectivity index (χ4v) is 3.22. The van der Waals surface area contributed by atoms with Crippen LogP contribution in [0.25, 0.3) is 11.1 Å². The number of hydrogen-bond donors (Lipinski definition) is 2. The molecule has 5 nitrogen and oxygen atoms in total. The Morgan fingerprint density at radius 3 is 2.74 bits per heavy atom. The zero-order valence-corrected chi connectivity index (χ0v) is 12.5. The first kappa shape index (κ1) is 14.1. The second kappa shape index (κ2) is 5.59. The van der Waals surface area contributed by atoms with Crippen molar-refractivity contribution in [2.45, 2.75) is 25.7 Å². The molecule has 1 amide bonds. The van der Waals surface area contributed by atoms with Gasteiger partial charge in [-0.05, 0) is 34.4 Å². The van der Waals surface area contributed by atoms with Crippen molar-refractivity contribution in [3.8, 4) is 16.9 Å². The molecule has 2 heterocycles. The van der Waals surface area contributed by atoms with Crippen molar-refractivity contribution in [1.29, 1.82) is 0 Å². The van der Waals surface area contributed by atoms with Crippen LogP contribution in [0.15, 0.2) is 36.4 Å². The molecular formula is C18H17NO4. The van der Waals surface area contributed by atoms with Crippen molar-refractivity contribution in [2.75, 3.05) is 6.61 Å². The van der Waals surface area contributed by atoms with Crippen LogP contribution in [0, 0.1) is 0 Å². The van der Waals surface area contributed by atoms with Gasteiger partial charge >= 0.3 is 6.09 Å². The lowest BCUT2D eigenvalue weighted by Crippen LogP contribution is -2.30. The van der Waals surface area contributed by atoms with Crippen molar-refractivity contribution in [3.63, 3.8) is 0 Å². The number of amides is 1. The molecule has 0 aromatic heterocycles. The van der Waals surface area contributed by atoms with E-state index >= 15 is 0 Å². The number of benzene rings is 2. The van der Waals surface area contributed by atoms with Gasteiger partial charge in [0.25, 0.3) is 0 Å². The minimum Gasteiger partial charge on any atom is -0.493 e. The quantitative estimate of drug-likeness (QED) is 0.891. The van der Waals surface area contributed by atoms with Gasteiger partial charge in [0, 0.05) is 12.0 Å². The summed E-state index contributed by atoms with van der Waals surface area (Å²) >= 11 is 0. The maximum absolute atomic E-state index is 10.9. The number of rotatable bonds is 2. The molecule has 1 unspecified atom stereocenters.